The van der Waals surface area contributed by atoms with E-state index in [-0.39, 0.29) is 0 Å². The van der Waals surface area contributed by atoms with Gasteiger partial charge in [-0.2, -0.15) is 5.26 Å². The summed E-state index contributed by atoms with van der Waals surface area (Å²) in [5, 5.41) is 8.74. The maximum Gasteiger partial charge on any atom is 0.101 e. The third-order valence-electron chi connectivity index (χ3n) is 1.40. The van der Waals surface area contributed by atoms with Gasteiger partial charge in [-0.15, -0.1) is 0 Å². The van der Waals surface area contributed by atoms with E-state index < -0.39 is 0 Å². The van der Waals surface area contributed by atoms with Crippen molar-refractivity contribution in [2.75, 3.05) is 0 Å². The summed E-state index contributed by atoms with van der Waals surface area (Å²) in [5.41, 5.74) is 1.87. The van der Waals surface area contributed by atoms with Crippen LogP contribution in [0.3, 0.4) is 0 Å². The van der Waals surface area contributed by atoms with Gasteiger partial charge in [0, 0.05) is 8.04 Å². The van der Waals surface area contributed by atoms with Gasteiger partial charge in [0.15, 0.2) is 0 Å². The molecule has 0 aliphatic rings. The van der Waals surface area contributed by atoms with Gasteiger partial charge in [-0.05, 0) is 57.1 Å². The van der Waals surface area contributed by atoms with Crippen LogP contribution in [0.1, 0.15) is 11.1 Å². The predicted octanol–water partition coefficient (Wildman–Crippen LogP) is 3.23. The van der Waals surface area contributed by atoms with E-state index >= 15 is 0 Å². The van der Waals surface area contributed by atoms with Crippen molar-refractivity contribution in [3.8, 4) is 6.07 Å². The second-order valence-electron chi connectivity index (χ2n) is 2.17. The predicted molar refractivity (Wildman–Crippen MR) is 56.3 cm³/mol. The van der Waals surface area contributed by atoms with E-state index in [1.807, 2.05) is 19.1 Å². The molecular weight excluding hydrogens is 317 g/mol. The van der Waals surface area contributed by atoms with Crippen molar-refractivity contribution in [2.24, 2.45) is 0 Å². The number of halogens is 2. The zero-order valence-electron chi connectivity index (χ0n) is 5.86. The standard InChI is InChI=1S/C8H5BrIN/c1-5-2-3-7(9)6(4-11)8(5)10/h2-3H,1H3. The first kappa shape index (κ1) is 9.01. The van der Waals surface area contributed by atoms with E-state index in [1.54, 1.807) is 0 Å². The van der Waals surface area contributed by atoms with Gasteiger partial charge in [0.25, 0.3) is 0 Å². The summed E-state index contributed by atoms with van der Waals surface area (Å²) in [5.74, 6) is 0. The first-order chi connectivity index (χ1) is 5.16. The molecule has 1 aromatic rings. The number of hydrogen-bond donors (Lipinski definition) is 0. The highest BCUT2D eigenvalue weighted by molar-refractivity contribution is 14.1. The molecule has 0 aromatic heterocycles. The van der Waals surface area contributed by atoms with Gasteiger partial charge in [0.05, 0.1) is 5.56 Å². The Morgan fingerprint density at radius 2 is 2.18 bits per heavy atom. The molecular formula is C8H5BrIN. The van der Waals surface area contributed by atoms with Crippen LogP contribution in [0, 0.1) is 21.8 Å². The lowest BCUT2D eigenvalue weighted by atomic mass is 10.2. The minimum absolute atomic E-state index is 0.727. The third-order valence-corrected chi connectivity index (χ3v) is 3.45. The number of aryl methyl sites for hydroxylation is 1. The number of hydrogen-bond acceptors (Lipinski definition) is 1. The second-order valence-corrected chi connectivity index (χ2v) is 4.10. The molecule has 3 heteroatoms. The quantitative estimate of drug-likeness (QED) is 0.673. The molecule has 0 fully saturated rings. The van der Waals surface area contributed by atoms with E-state index in [0.717, 1.165) is 19.2 Å². The molecule has 11 heavy (non-hydrogen) atoms. The monoisotopic (exact) mass is 321 g/mol. The topological polar surface area (TPSA) is 23.8 Å². The van der Waals surface area contributed by atoms with Crippen LogP contribution in [-0.2, 0) is 0 Å². The molecule has 0 N–H and O–H groups in total. The largest absolute Gasteiger partial charge is 0.192 e. The average Bonchev–Trinajstić information content (AvgIpc) is 1.99. The summed E-state index contributed by atoms with van der Waals surface area (Å²) < 4.78 is 1.90. The molecule has 0 amide bonds. The van der Waals surface area contributed by atoms with Crippen LogP contribution >= 0.6 is 38.5 Å². The fraction of sp³-hybridized carbons (Fsp3) is 0.125. The van der Waals surface area contributed by atoms with Gasteiger partial charge in [0.2, 0.25) is 0 Å². The fourth-order valence-electron chi connectivity index (χ4n) is 0.759. The summed E-state index contributed by atoms with van der Waals surface area (Å²) in [7, 11) is 0. The average molecular weight is 322 g/mol. The smallest absolute Gasteiger partial charge is 0.101 e. The van der Waals surface area contributed by atoms with Crippen LogP contribution in [0.15, 0.2) is 16.6 Å². The van der Waals surface area contributed by atoms with E-state index in [4.69, 9.17) is 5.26 Å². The molecule has 0 aliphatic carbocycles. The summed E-state index contributed by atoms with van der Waals surface area (Å²) >= 11 is 5.49. The van der Waals surface area contributed by atoms with Crippen molar-refractivity contribution in [2.45, 2.75) is 6.92 Å². The van der Waals surface area contributed by atoms with Gasteiger partial charge in [-0.25, -0.2) is 0 Å². The van der Waals surface area contributed by atoms with E-state index in [1.165, 1.54) is 0 Å². The highest BCUT2D eigenvalue weighted by atomic mass is 127. The fourth-order valence-corrected chi connectivity index (χ4v) is 2.14. The van der Waals surface area contributed by atoms with Gasteiger partial charge < -0.3 is 0 Å². The van der Waals surface area contributed by atoms with Crippen molar-refractivity contribution < 1.29 is 0 Å². The number of nitrogens with zero attached hydrogens (tertiary/aromatic N) is 1. The zero-order chi connectivity index (χ0) is 8.43. The van der Waals surface area contributed by atoms with Crippen molar-refractivity contribution in [1.82, 2.24) is 0 Å². The van der Waals surface area contributed by atoms with Crippen LogP contribution in [-0.4, -0.2) is 0 Å². The Hall–Kier alpha value is -0.0800. The van der Waals surface area contributed by atoms with Crippen molar-refractivity contribution >= 4 is 38.5 Å². The molecule has 0 saturated heterocycles. The molecule has 0 saturated carbocycles. The maximum atomic E-state index is 8.74. The summed E-state index contributed by atoms with van der Waals surface area (Å²) in [6, 6.07) is 6.04. The van der Waals surface area contributed by atoms with Gasteiger partial charge in [0.1, 0.15) is 6.07 Å². The molecule has 0 aliphatic heterocycles. The zero-order valence-corrected chi connectivity index (χ0v) is 9.60. The molecule has 0 bridgehead atoms. The highest BCUT2D eigenvalue weighted by Gasteiger charge is 2.05. The lowest BCUT2D eigenvalue weighted by molar-refractivity contribution is 1.36. The highest BCUT2D eigenvalue weighted by Crippen LogP contribution is 2.23. The number of nitriles is 1. The normalized spacial score (nSPS) is 9.27. The molecule has 0 unspecified atom stereocenters. The van der Waals surface area contributed by atoms with E-state index in [0.29, 0.717) is 0 Å². The van der Waals surface area contributed by atoms with Crippen LogP contribution in [0.4, 0.5) is 0 Å². The maximum absolute atomic E-state index is 8.74. The van der Waals surface area contributed by atoms with E-state index in [2.05, 4.69) is 44.6 Å². The van der Waals surface area contributed by atoms with Gasteiger partial charge in [-0.1, -0.05) is 6.07 Å². The summed E-state index contributed by atoms with van der Waals surface area (Å²) in [4.78, 5) is 0. The van der Waals surface area contributed by atoms with Crippen LogP contribution in [0.2, 0.25) is 0 Å². The van der Waals surface area contributed by atoms with Crippen molar-refractivity contribution in [3.05, 3.63) is 31.3 Å². The Kier molecular flexibility index (Phi) is 2.90. The SMILES string of the molecule is Cc1ccc(Br)c(C#N)c1I. The molecule has 0 spiro atoms. The molecule has 0 radical (unpaired) electrons. The Morgan fingerprint density at radius 3 is 2.64 bits per heavy atom. The Bertz CT molecular complexity index is 328. The molecule has 1 nitrogen and oxygen atoms in total. The second kappa shape index (κ2) is 3.55. The van der Waals surface area contributed by atoms with Gasteiger partial charge in [-0.3, -0.25) is 0 Å². The Balaban J connectivity index is 3.44. The minimum atomic E-state index is 0.727. The molecule has 56 valence electrons. The minimum Gasteiger partial charge on any atom is -0.192 e. The first-order valence-electron chi connectivity index (χ1n) is 3.01. The first-order valence-corrected chi connectivity index (χ1v) is 4.88. The number of benzene rings is 1. The molecule has 1 aromatic carbocycles. The van der Waals surface area contributed by atoms with Gasteiger partial charge >= 0.3 is 0 Å². The Morgan fingerprint density at radius 1 is 1.55 bits per heavy atom. The van der Waals surface area contributed by atoms with Crippen LogP contribution < -0.4 is 0 Å². The van der Waals surface area contributed by atoms with Crippen molar-refractivity contribution in [3.63, 3.8) is 0 Å². The third kappa shape index (κ3) is 1.74. The molecule has 0 heterocycles. The number of rotatable bonds is 0. The van der Waals surface area contributed by atoms with Crippen molar-refractivity contribution in [1.29, 1.82) is 5.26 Å². The lowest BCUT2D eigenvalue weighted by Gasteiger charge is -2.01. The van der Waals surface area contributed by atoms with Crippen LogP contribution in [0.5, 0.6) is 0 Å². The summed E-state index contributed by atoms with van der Waals surface area (Å²) in [6.45, 7) is 2.00. The molecule has 1 rings (SSSR count). The molecule has 0 atom stereocenters. The lowest BCUT2D eigenvalue weighted by Crippen LogP contribution is -1.87. The Labute approximate surface area is 87.7 Å². The summed E-state index contributed by atoms with van der Waals surface area (Å²) in [6.07, 6.45) is 0. The van der Waals surface area contributed by atoms with Crippen LogP contribution in [0.25, 0.3) is 0 Å². The van der Waals surface area contributed by atoms with E-state index in [9.17, 15) is 0 Å².